The Morgan fingerprint density at radius 2 is 1.78 bits per heavy atom. The Kier molecular flexibility index (Phi) is 5.82. The smallest absolute Gasteiger partial charge is 0.294 e. The molecule has 116 valence electrons. The number of nitriles is 1. The summed E-state index contributed by atoms with van der Waals surface area (Å²) in [5.41, 5.74) is 1.11. The number of nitrogens with zero attached hydrogens (tertiary/aromatic N) is 2. The van der Waals surface area contributed by atoms with Crippen molar-refractivity contribution in [1.29, 1.82) is 5.26 Å². The van der Waals surface area contributed by atoms with Crippen LogP contribution in [-0.4, -0.2) is 16.7 Å². The van der Waals surface area contributed by atoms with Crippen LogP contribution in [0.3, 0.4) is 0 Å². The van der Waals surface area contributed by atoms with Crippen LogP contribution in [0.25, 0.3) is 0 Å². The average molecular weight is 420 g/mol. The van der Waals surface area contributed by atoms with E-state index in [9.17, 15) is 14.9 Å². The molecule has 0 saturated heterocycles. The van der Waals surface area contributed by atoms with Crippen LogP contribution in [0.1, 0.15) is 28.3 Å². The summed E-state index contributed by atoms with van der Waals surface area (Å²) < 4.78 is 0.981. The predicted molar refractivity (Wildman–Crippen MR) is 93.7 cm³/mol. The highest BCUT2D eigenvalue weighted by molar-refractivity contribution is 14.1. The highest BCUT2D eigenvalue weighted by Gasteiger charge is 2.34. The second-order valence-corrected chi connectivity index (χ2v) is 6.26. The Hall–Kier alpha value is -2.27. The van der Waals surface area contributed by atoms with Gasteiger partial charge in [0, 0.05) is 20.5 Å². The topological polar surface area (TPSA) is 84.0 Å². The number of hydrogen-bond donors (Lipinski definition) is 0. The van der Waals surface area contributed by atoms with Crippen LogP contribution in [0.5, 0.6) is 0 Å². The second kappa shape index (κ2) is 7.83. The van der Waals surface area contributed by atoms with E-state index in [1.165, 1.54) is 0 Å². The number of nitro groups is 1. The first-order valence-corrected chi connectivity index (χ1v) is 7.97. The zero-order valence-corrected chi connectivity index (χ0v) is 14.2. The number of halogens is 1. The van der Waals surface area contributed by atoms with Crippen LogP contribution >= 0.6 is 22.6 Å². The summed E-state index contributed by atoms with van der Waals surface area (Å²) in [7, 11) is 0. The summed E-state index contributed by atoms with van der Waals surface area (Å²) in [5, 5.41) is 20.4. The van der Waals surface area contributed by atoms with E-state index in [2.05, 4.69) is 22.6 Å². The minimum Gasteiger partial charge on any atom is -0.294 e. The molecule has 0 unspecified atom stereocenters. The predicted octanol–water partition coefficient (Wildman–Crippen LogP) is 3.82. The number of carbonyl (C=O) groups excluding carboxylic acids is 1. The molecule has 0 aliphatic rings. The van der Waals surface area contributed by atoms with E-state index < -0.39 is 16.9 Å². The van der Waals surface area contributed by atoms with Gasteiger partial charge in [-0.2, -0.15) is 5.26 Å². The standard InChI is InChI=1S/C17H13IN2O3/c18-14-8-6-12(7-9-14)15(16(11-19)20(22)23)10-17(21)13-4-2-1-3-5-13/h1-9,15-16H,10H2/t15-,16+/m0/s1. The molecule has 0 N–H and O–H groups in total. The highest BCUT2D eigenvalue weighted by Crippen LogP contribution is 2.27. The van der Waals surface area contributed by atoms with Crippen molar-refractivity contribution >= 4 is 28.4 Å². The maximum Gasteiger partial charge on any atom is 0.303 e. The Labute approximate surface area is 147 Å². The van der Waals surface area contributed by atoms with Crippen molar-refractivity contribution < 1.29 is 9.72 Å². The Balaban J connectivity index is 2.34. The summed E-state index contributed by atoms with van der Waals surface area (Å²) in [6.07, 6.45) is -0.0796. The number of Topliss-reactive ketones (excluding diaryl/α,β-unsaturated/α-hetero) is 1. The Morgan fingerprint density at radius 3 is 2.30 bits per heavy atom. The summed E-state index contributed by atoms with van der Waals surface area (Å²) in [6, 6.07) is 16.0. The van der Waals surface area contributed by atoms with Crippen LogP contribution < -0.4 is 0 Å². The van der Waals surface area contributed by atoms with Gasteiger partial charge in [-0.1, -0.05) is 42.5 Å². The van der Waals surface area contributed by atoms with Gasteiger partial charge in [0.15, 0.2) is 5.78 Å². The van der Waals surface area contributed by atoms with E-state index >= 15 is 0 Å². The van der Waals surface area contributed by atoms with E-state index in [1.54, 1.807) is 48.5 Å². The van der Waals surface area contributed by atoms with E-state index in [1.807, 2.05) is 12.1 Å². The lowest BCUT2D eigenvalue weighted by molar-refractivity contribution is -0.510. The number of benzene rings is 2. The maximum absolute atomic E-state index is 12.4. The van der Waals surface area contributed by atoms with Crippen molar-refractivity contribution in [2.45, 2.75) is 18.4 Å². The molecule has 0 saturated carbocycles. The fraction of sp³-hybridized carbons (Fsp3) is 0.176. The van der Waals surface area contributed by atoms with Crippen LogP contribution in [-0.2, 0) is 0 Å². The van der Waals surface area contributed by atoms with Crippen molar-refractivity contribution in [3.05, 3.63) is 79.4 Å². The molecule has 2 aromatic carbocycles. The third-order valence-electron chi connectivity index (χ3n) is 3.54. The molecule has 2 atom stereocenters. The third kappa shape index (κ3) is 4.36. The number of carbonyl (C=O) groups is 1. The second-order valence-electron chi connectivity index (χ2n) is 5.01. The van der Waals surface area contributed by atoms with Gasteiger partial charge in [-0.25, -0.2) is 0 Å². The van der Waals surface area contributed by atoms with E-state index in [0.717, 1.165) is 3.57 Å². The van der Waals surface area contributed by atoms with Crippen LogP contribution in [0, 0.1) is 25.0 Å². The molecule has 6 heteroatoms. The molecule has 0 spiro atoms. The summed E-state index contributed by atoms with van der Waals surface area (Å²) in [5.74, 6) is -0.990. The lowest BCUT2D eigenvalue weighted by Gasteiger charge is -2.16. The van der Waals surface area contributed by atoms with Crippen LogP contribution in [0.2, 0.25) is 0 Å². The fourth-order valence-corrected chi connectivity index (χ4v) is 2.71. The lowest BCUT2D eigenvalue weighted by Crippen LogP contribution is -2.28. The van der Waals surface area contributed by atoms with Gasteiger partial charge in [0.2, 0.25) is 0 Å². The molecule has 23 heavy (non-hydrogen) atoms. The number of hydrogen-bond acceptors (Lipinski definition) is 4. The molecule has 0 amide bonds. The van der Waals surface area contributed by atoms with Gasteiger partial charge in [0.1, 0.15) is 6.07 Å². The molecule has 0 aromatic heterocycles. The van der Waals surface area contributed by atoms with Crippen molar-refractivity contribution in [1.82, 2.24) is 0 Å². The molecule has 0 heterocycles. The van der Waals surface area contributed by atoms with Gasteiger partial charge >= 0.3 is 6.04 Å². The highest BCUT2D eigenvalue weighted by atomic mass is 127. The van der Waals surface area contributed by atoms with Gasteiger partial charge in [0.25, 0.3) is 0 Å². The maximum atomic E-state index is 12.4. The van der Waals surface area contributed by atoms with Crippen molar-refractivity contribution in [2.75, 3.05) is 0 Å². The molecule has 0 aliphatic heterocycles. The third-order valence-corrected chi connectivity index (χ3v) is 4.26. The van der Waals surface area contributed by atoms with E-state index in [4.69, 9.17) is 5.26 Å². The normalized spacial score (nSPS) is 12.9. The Morgan fingerprint density at radius 1 is 1.17 bits per heavy atom. The summed E-state index contributed by atoms with van der Waals surface area (Å²) in [6.45, 7) is 0. The zero-order chi connectivity index (χ0) is 16.8. The number of ketones is 1. The monoisotopic (exact) mass is 420 g/mol. The average Bonchev–Trinajstić information content (AvgIpc) is 2.56. The first kappa shape index (κ1) is 17.1. The van der Waals surface area contributed by atoms with Gasteiger partial charge in [0.05, 0.1) is 5.92 Å². The Bertz CT molecular complexity index is 739. The van der Waals surface area contributed by atoms with Crippen molar-refractivity contribution in [3.8, 4) is 6.07 Å². The molecule has 5 nitrogen and oxygen atoms in total. The molecular formula is C17H13IN2O3. The minimum atomic E-state index is -1.46. The van der Waals surface area contributed by atoms with Gasteiger partial charge in [-0.15, -0.1) is 0 Å². The summed E-state index contributed by atoms with van der Waals surface area (Å²) >= 11 is 2.13. The van der Waals surface area contributed by atoms with Gasteiger partial charge in [-0.05, 0) is 40.3 Å². The molecule has 2 aromatic rings. The van der Waals surface area contributed by atoms with E-state index in [-0.39, 0.29) is 12.2 Å². The molecule has 0 fully saturated rings. The first-order valence-electron chi connectivity index (χ1n) is 6.89. The van der Waals surface area contributed by atoms with Gasteiger partial charge in [-0.3, -0.25) is 14.9 Å². The SMILES string of the molecule is N#C[C@H]([C@@H](CC(=O)c1ccccc1)c1ccc(I)cc1)[N+](=O)[O-]. The van der Waals surface area contributed by atoms with Crippen molar-refractivity contribution in [3.63, 3.8) is 0 Å². The van der Waals surface area contributed by atoms with E-state index in [0.29, 0.717) is 11.1 Å². The molecule has 0 radical (unpaired) electrons. The molecule has 2 rings (SSSR count). The minimum absolute atomic E-state index is 0.0796. The first-order chi connectivity index (χ1) is 11.0. The fourth-order valence-electron chi connectivity index (χ4n) is 2.35. The number of rotatable bonds is 6. The largest absolute Gasteiger partial charge is 0.303 e. The zero-order valence-electron chi connectivity index (χ0n) is 12.1. The quantitative estimate of drug-likeness (QED) is 0.308. The van der Waals surface area contributed by atoms with Crippen LogP contribution in [0.4, 0.5) is 0 Å². The van der Waals surface area contributed by atoms with Crippen LogP contribution in [0.15, 0.2) is 54.6 Å². The molecular weight excluding hydrogens is 407 g/mol. The molecule has 0 bridgehead atoms. The van der Waals surface area contributed by atoms with Crippen molar-refractivity contribution in [2.24, 2.45) is 0 Å². The van der Waals surface area contributed by atoms with Gasteiger partial charge < -0.3 is 0 Å². The summed E-state index contributed by atoms with van der Waals surface area (Å²) in [4.78, 5) is 23.0. The lowest BCUT2D eigenvalue weighted by atomic mass is 9.86. The molecule has 0 aliphatic carbocycles.